The molecule has 0 bridgehead atoms. The summed E-state index contributed by atoms with van der Waals surface area (Å²) < 4.78 is 5.65. The Balaban J connectivity index is 1.42. The lowest BCUT2D eigenvalue weighted by molar-refractivity contribution is 0.114. The van der Waals surface area contributed by atoms with Crippen molar-refractivity contribution < 1.29 is 4.74 Å². The van der Waals surface area contributed by atoms with Gasteiger partial charge in [-0.1, -0.05) is 38.1 Å². The predicted octanol–water partition coefficient (Wildman–Crippen LogP) is 3.01. The molecule has 2 heterocycles. The first kappa shape index (κ1) is 20.2. The number of rotatable bonds is 6. The van der Waals surface area contributed by atoms with E-state index in [0.717, 1.165) is 50.5 Å². The van der Waals surface area contributed by atoms with Crippen LogP contribution in [0.5, 0.6) is 0 Å². The van der Waals surface area contributed by atoms with E-state index in [2.05, 4.69) is 58.6 Å². The zero-order valence-electron chi connectivity index (χ0n) is 17.2. The molecule has 0 amide bonds. The zero-order valence-corrected chi connectivity index (χ0v) is 17.2. The molecule has 3 unspecified atom stereocenters. The Labute approximate surface area is 164 Å². The molecule has 2 saturated heterocycles. The van der Waals surface area contributed by atoms with Gasteiger partial charge in [0.25, 0.3) is 0 Å². The van der Waals surface area contributed by atoms with Crippen molar-refractivity contribution in [2.45, 2.75) is 52.3 Å². The molecule has 2 aliphatic heterocycles. The van der Waals surface area contributed by atoms with E-state index in [0.29, 0.717) is 6.10 Å². The van der Waals surface area contributed by atoms with Crippen molar-refractivity contribution >= 4 is 5.96 Å². The van der Waals surface area contributed by atoms with Gasteiger partial charge >= 0.3 is 0 Å². The van der Waals surface area contributed by atoms with Crippen LogP contribution in [0.1, 0.15) is 44.2 Å². The van der Waals surface area contributed by atoms with Crippen LogP contribution in [0.4, 0.5) is 0 Å². The molecule has 0 spiro atoms. The summed E-state index contributed by atoms with van der Waals surface area (Å²) in [4.78, 5) is 6.91. The van der Waals surface area contributed by atoms with Gasteiger partial charge < -0.3 is 15.4 Å². The maximum atomic E-state index is 5.65. The highest BCUT2D eigenvalue weighted by atomic mass is 16.5. The topological polar surface area (TPSA) is 48.9 Å². The third-order valence-electron chi connectivity index (χ3n) is 5.58. The summed E-state index contributed by atoms with van der Waals surface area (Å²) >= 11 is 0. The minimum Gasteiger partial charge on any atom is -0.376 e. The van der Waals surface area contributed by atoms with Gasteiger partial charge in [0, 0.05) is 46.4 Å². The number of aliphatic imine (C=N–C) groups is 1. The molecule has 0 aromatic heterocycles. The molecule has 5 heteroatoms. The van der Waals surface area contributed by atoms with Gasteiger partial charge in [-0.3, -0.25) is 9.89 Å². The quantitative estimate of drug-likeness (QED) is 0.595. The van der Waals surface area contributed by atoms with Crippen molar-refractivity contribution in [3.8, 4) is 0 Å². The largest absolute Gasteiger partial charge is 0.376 e. The van der Waals surface area contributed by atoms with Crippen LogP contribution in [0, 0.1) is 11.8 Å². The molecule has 2 fully saturated rings. The monoisotopic (exact) mass is 372 g/mol. The molecule has 0 aliphatic carbocycles. The number of piperidine rings is 1. The van der Waals surface area contributed by atoms with Gasteiger partial charge in [-0.15, -0.1) is 0 Å². The summed E-state index contributed by atoms with van der Waals surface area (Å²) in [6.07, 6.45) is 3.99. The number of nitrogens with one attached hydrogen (secondary N) is 2. The van der Waals surface area contributed by atoms with E-state index in [1.807, 2.05) is 7.05 Å². The van der Waals surface area contributed by atoms with Crippen LogP contribution in [0.2, 0.25) is 0 Å². The first-order valence-corrected chi connectivity index (χ1v) is 10.5. The number of guanidine groups is 1. The van der Waals surface area contributed by atoms with E-state index in [9.17, 15) is 0 Å². The lowest BCUT2D eigenvalue weighted by atomic mass is 9.91. The number of benzene rings is 1. The lowest BCUT2D eigenvalue weighted by Gasteiger charge is -2.35. The summed E-state index contributed by atoms with van der Waals surface area (Å²) in [5.41, 5.74) is 2.68. The van der Waals surface area contributed by atoms with Gasteiger partial charge in [0.2, 0.25) is 0 Å². The Morgan fingerprint density at radius 1 is 1.11 bits per heavy atom. The van der Waals surface area contributed by atoms with Gasteiger partial charge in [0.15, 0.2) is 5.96 Å². The molecule has 1 aromatic carbocycles. The van der Waals surface area contributed by atoms with Gasteiger partial charge in [-0.25, -0.2) is 0 Å². The Kier molecular flexibility index (Phi) is 7.53. The smallest absolute Gasteiger partial charge is 0.191 e. The lowest BCUT2D eigenvalue weighted by Crippen LogP contribution is -2.40. The van der Waals surface area contributed by atoms with Crippen molar-refractivity contribution in [1.29, 1.82) is 0 Å². The van der Waals surface area contributed by atoms with Crippen LogP contribution in [-0.4, -0.2) is 50.3 Å². The van der Waals surface area contributed by atoms with E-state index in [4.69, 9.17) is 4.74 Å². The molecule has 27 heavy (non-hydrogen) atoms. The van der Waals surface area contributed by atoms with Crippen molar-refractivity contribution in [3.63, 3.8) is 0 Å². The first-order valence-electron chi connectivity index (χ1n) is 10.5. The summed E-state index contributed by atoms with van der Waals surface area (Å²) in [5, 5.41) is 6.76. The third-order valence-corrected chi connectivity index (χ3v) is 5.58. The fourth-order valence-corrected chi connectivity index (χ4v) is 4.36. The summed E-state index contributed by atoms with van der Waals surface area (Å²) in [6, 6.07) is 8.99. The van der Waals surface area contributed by atoms with E-state index >= 15 is 0 Å². The van der Waals surface area contributed by atoms with Crippen LogP contribution in [-0.2, 0) is 17.8 Å². The number of likely N-dealkylation sites (tertiary alicyclic amines) is 1. The molecule has 3 rings (SSSR count). The summed E-state index contributed by atoms with van der Waals surface area (Å²) in [5.74, 6) is 2.46. The Morgan fingerprint density at radius 3 is 2.44 bits per heavy atom. The fourth-order valence-electron chi connectivity index (χ4n) is 4.36. The minimum absolute atomic E-state index is 0.322. The number of hydrogen-bond donors (Lipinski definition) is 2. The highest BCUT2D eigenvalue weighted by molar-refractivity contribution is 5.79. The molecule has 2 aliphatic rings. The standard InChI is InChI=1S/C22H36N4O/c1-17-11-18(2)15-26(14-17)16-20-8-6-19(7-9-20)12-24-22(23-3)25-13-21-5-4-10-27-21/h6-9,17-18,21H,4-5,10-16H2,1-3H3,(H2,23,24,25). The highest BCUT2D eigenvalue weighted by Gasteiger charge is 2.21. The normalized spacial score (nSPS) is 26.9. The first-order chi connectivity index (χ1) is 13.1. The Bertz CT molecular complexity index is 585. The average Bonchev–Trinajstić information content (AvgIpc) is 3.16. The second-order valence-electron chi connectivity index (χ2n) is 8.40. The summed E-state index contributed by atoms with van der Waals surface area (Å²) in [7, 11) is 1.81. The third kappa shape index (κ3) is 6.51. The van der Waals surface area contributed by atoms with Gasteiger partial charge in [-0.2, -0.15) is 0 Å². The van der Waals surface area contributed by atoms with Crippen LogP contribution in [0.3, 0.4) is 0 Å². The van der Waals surface area contributed by atoms with Crippen molar-refractivity contribution in [1.82, 2.24) is 15.5 Å². The van der Waals surface area contributed by atoms with Gasteiger partial charge in [0.1, 0.15) is 0 Å². The Morgan fingerprint density at radius 2 is 1.81 bits per heavy atom. The summed E-state index contributed by atoms with van der Waals surface area (Å²) in [6.45, 7) is 10.7. The van der Waals surface area contributed by atoms with Gasteiger partial charge in [-0.05, 0) is 42.2 Å². The average molecular weight is 373 g/mol. The molecule has 0 radical (unpaired) electrons. The van der Waals surface area contributed by atoms with Crippen molar-refractivity contribution in [2.24, 2.45) is 16.8 Å². The maximum Gasteiger partial charge on any atom is 0.191 e. The van der Waals surface area contributed by atoms with Crippen molar-refractivity contribution in [3.05, 3.63) is 35.4 Å². The molecule has 3 atom stereocenters. The molecule has 0 saturated carbocycles. The molecular formula is C22H36N4O. The van der Waals surface area contributed by atoms with Crippen molar-refractivity contribution in [2.75, 3.05) is 33.3 Å². The second kappa shape index (κ2) is 10.1. The van der Waals surface area contributed by atoms with E-state index < -0.39 is 0 Å². The number of ether oxygens (including phenoxy) is 1. The fraction of sp³-hybridized carbons (Fsp3) is 0.682. The maximum absolute atomic E-state index is 5.65. The molecule has 1 aromatic rings. The minimum atomic E-state index is 0.322. The zero-order chi connectivity index (χ0) is 19.1. The predicted molar refractivity (Wildman–Crippen MR) is 112 cm³/mol. The Hall–Kier alpha value is -1.59. The second-order valence-corrected chi connectivity index (χ2v) is 8.40. The molecule has 2 N–H and O–H groups in total. The number of nitrogens with zero attached hydrogens (tertiary/aromatic N) is 2. The van der Waals surface area contributed by atoms with Crippen LogP contribution in [0.15, 0.2) is 29.3 Å². The number of hydrogen-bond acceptors (Lipinski definition) is 3. The van der Waals surface area contributed by atoms with Crippen LogP contribution < -0.4 is 10.6 Å². The van der Waals surface area contributed by atoms with E-state index in [1.165, 1.54) is 37.1 Å². The van der Waals surface area contributed by atoms with E-state index in [1.54, 1.807) is 0 Å². The highest BCUT2D eigenvalue weighted by Crippen LogP contribution is 2.22. The molecular weight excluding hydrogens is 336 g/mol. The molecule has 5 nitrogen and oxygen atoms in total. The van der Waals surface area contributed by atoms with Crippen LogP contribution >= 0.6 is 0 Å². The van der Waals surface area contributed by atoms with E-state index in [-0.39, 0.29) is 0 Å². The van der Waals surface area contributed by atoms with Crippen LogP contribution in [0.25, 0.3) is 0 Å². The molecule has 150 valence electrons. The SMILES string of the molecule is CN=C(NCc1ccc(CN2CC(C)CC(C)C2)cc1)NCC1CCCO1. The van der Waals surface area contributed by atoms with Gasteiger partial charge in [0.05, 0.1) is 6.10 Å².